The normalized spacial score (nSPS) is 11.2. The molecule has 1 heterocycles. The van der Waals surface area contributed by atoms with E-state index < -0.39 is 0 Å². The monoisotopic (exact) mass is 447 g/mol. The molecule has 4 rings (SSSR count). The van der Waals surface area contributed by atoms with Gasteiger partial charge in [-0.3, -0.25) is 4.98 Å². The summed E-state index contributed by atoms with van der Waals surface area (Å²) in [6.07, 6.45) is 2.80. The van der Waals surface area contributed by atoms with Gasteiger partial charge in [-0.1, -0.05) is 29.8 Å². The summed E-state index contributed by atoms with van der Waals surface area (Å²) in [6.45, 7) is 1.00. The van der Waals surface area contributed by atoms with E-state index in [-0.39, 0.29) is 10.8 Å². The van der Waals surface area contributed by atoms with Crippen molar-refractivity contribution in [2.24, 2.45) is 0 Å². The first-order chi connectivity index (χ1) is 15.4. The number of nitrogens with one attached hydrogen (secondary N) is 1. The number of likely N-dealkylation sites (N-methyl/N-ethyl adjacent to an activating group) is 1. The topological polar surface area (TPSA) is 57.6 Å². The van der Waals surface area contributed by atoms with Gasteiger partial charge < -0.3 is 20.1 Å². The average molecular weight is 448 g/mol. The lowest BCUT2D eigenvalue weighted by Gasteiger charge is -2.14. The zero-order valence-electron chi connectivity index (χ0n) is 18.4. The maximum Gasteiger partial charge on any atom is 0.176 e. The van der Waals surface area contributed by atoms with Crippen LogP contribution in [0.1, 0.15) is 5.56 Å². The molecule has 0 unspecified atom stereocenters. The summed E-state index contributed by atoms with van der Waals surface area (Å²) in [6, 6.07) is 20.0. The van der Waals surface area contributed by atoms with E-state index in [1.807, 2.05) is 18.2 Å². The third kappa shape index (κ3) is 4.79. The maximum atomic E-state index is 10.1. The van der Waals surface area contributed by atoms with Gasteiger partial charge in [0, 0.05) is 29.5 Å². The summed E-state index contributed by atoms with van der Waals surface area (Å²) >= 11 is 6.21. The van der Waals surface area contributed by atoms with Gasteiger partial charge in [0.25, 0.3) is 0 Å². The smallest absolute Gasteiger partial charge is 0.176 e. The number of aromatic nitrogens is 1. The number of hydrogen-bond acceptors (Lipinski definition) is 5. The van der Waals surface area contributed by atoms with Crippen molar-refractivity contribution >= 4 is 33.9 Å². The Labute approximate surface area is 193 Å². The minimum atomic E-state index is -0.0584. The zero-order chi connectivity index (χ0) is 22.7. The SMILES string of the molecule is COc1cc(-c2ccc3nccc(Nc4cccc(CCN(C)C)c4)c3c2)cc(Cl)c1O. The number of ether oxygens (including phenoxy) is 1. The summed E-state index contributed by atoms with van der Waals surface area (Å²) < 4.78 is 5.26. The molecule has 1 aromatic heterocycles. The molecule has 0 spiro atoms. The Balaban J connectivity index is 1.70. The highest BCUT2D eigenvalue weighted by Crippen LogP contribution is 2.39. The molecule has 0 fully saturated rings. The second-order valence-electron chi connectivity index (χ2n) is 7.98. The third-order valence-electron chi connectivity index (χ3n) is 5.38. The summed E-state index contributed by atoms with van der Waals surface area (Å²) in [5.74, 6) is 0.281. The first-order valence-electron chi connectivity index (χ1n) is 10.4. The molecule has 2 N–H and O–H groups in total. The summed E-state index contributed by atoms with van der Waals surface area (Å²) in [4.78, 5) is 6.70. The fourth-order valence-electron chi connectivity index (χ4n) is 3.64. The lowest BCUT2D eigenvalue weighted by molar-refractivity contribution is 0.374. The van der Waals surface area contributed by atoms with Crippen LogP contribution >= 0.6 is 11.6 Å². The van der Waals surface area contributed by atoms with Gasteiger partial charge in [-0.15, -0.1) is 0 Å². The van der Waals surface area contributed by atoms with Gasteiger partial charge in [-0.05, 0) is 79.7 Å². The first-order valence-corrected chi connectivity index (χ1v) is 10.8. The number of nitrogens with zero attached hydrogens (tertiary/aromatic N) is 2. The van der Waals surface area contributed by atoms with Crippen molar-refractivity contribution in [1.82, 2.24) is 9.88 Å². The highest BCUT2D eigenvalue weighted by atomic mass is 35.5. The maximum absolute atomic E-state index is 10.1. The number of rotatable bonds is 7. The molecule has 3 aromatic carbocycles. The molecule has 6 heteroatoms. The standard InChI is InChI=1S/C26H26ClN3O2/c1-30(2)12-10-17-5-4-6-20(13-17)29-24-9-11-28-23-8-7-18(14-21(23)24)19-15-22(27)26(31)25(16-19)32-3/h4-9,11,13-16,31H,10,12H2,1-3H3,(H,28,29). The molecule has 0 amide bonds. The summed E-state index contributed by atoms with van der Waals surface area (Å²) in [5, 5.41) is 14.9. The number of pyridine rings is 1. The van der Waals surface area contributed by atoms with Crippen LogP contribution < -0.4 is 10.1 Å². The molecule has 0 saturated carbocycles. The van der Waals surface area contributed by atoms with Crippen molar-refractivity contribution in [2.45, 2.75) is 6.42 Å². The van der Waals surface area contributed by atoms with E-state index in [4.69, 9.17) is 16.3 Å². The van der Waals surface area contributed by atoms with Crippen LogP contribution in [-0.2, 0) is 6.42 Å². The molecule has 4 aromatic rings. The van der Waals surface area contributed by atoms with Crippen LogP contribution in [0.25, 0.3) is 22.0 Å². The quantitative estimate of drug-likeness (QED) is 0.357. The van der Waals surface area contributed by atoms with Crippen molar-refractivity contribution in [2.75, 3.05) is 33.1 Å². The van der Waals surface area contributed by atoms with Gasteiger partial charge in [0.1, 0.15) is 0 Å². The lowest BCUT2D eigenvalue weighted by Crippen LogP contribution is -2.15. The predicted octanol–water partition coefficient (Wildman–Crippen LogP) is 6.12. The van der Waals surface area contributed by atoms with Crippen LogP contribution in [0, 0.1) is 0 Å². The molecular weight excluding hydrogens is 422 g/mol. The Hall–Kier alpha value is -3.28. The van der Waals surface area contributed by atoms with E-state index in [1.54, 1.807) is 18.3 Å². The Morgan fingerprint density at radius 2 is 1.88 bits per heavy atom. The number of benzene rings is 3. The van der Waals surface area contributed by atoms with Crippen LogP contribution in [-0.4, -0.2) is 42.7 Å². The number of phenols is 1. The van der Waals surface area contributed by atoms with Crippen molar-refractivity contribution in [3.63, 3.8) is 0 Å². The fourth-order valence-corrected chi connectivity index (χ4v) is 3.85. The minimum Gasteiger partial charge on any atom is -0.503 e. The van der Waals surface area contributed by atoms with Gasteiger partial charge >= 0.3 is 0 Å². The number of phenolic OH excluding ortho intramolecular Hbond substituents is 1. The highest BCUT2D eigenvalue weighted by Gasteiger charge is 2.12. The van der Waals surface area contributed by atoms with E-state index in [2.05, 4.69) is 59.6 Å². The van der Waals surface area contributed by atoms with Crippen LogP contribution in [0.3, 0.4) is 0 Å². The Morgan fingerprint density at radius 1 is 1.03 bits per heavy atom. The third-order valence-corrected chi connectivity index (χ3v) is 5.67. The average Bonchev–Trinajstić information content (AvgIpc) is 2.79. The Kier molecular flexibility index (Phi) is 6.49. The second kappa shape index (κ2) is 9.47. The fraction of sp³-hybridized carbons (Fsp3) is 0.192. The van der Waals surface area contributed by atoms with E-state index in [9.17, 15) is 5.11 Å². The van der Waals surface area contributed by atoms with Gasteiger partial charge in [-0.2, -0.15) is 0 Å². The molecule has 164 valence electrons. The van der Waals surface area contributed by atoms with Crippen LogP contribution in [0.2, 0.25) is 5.02 Å². The summed E-state index contributed by atoms with van der Waals surface area (Å²) in [5.41, 5.74) is 5.99. The van der Waals surface area contributed by atoms with Crippen molar-refractivity contribution in [3.8, 4) is 22.6 Å². The number of fused-ring (bicyclic) bond motifs is 1. The highest BCUT2D eigenvalue weighted by molar-refractivity contribution is 6.32. The van der Waals surface area contributed by atoms with E-state index >= 15 is 0 Å². The number of hydrogen-bond donors (Lipinski definition) is 2. The van der Waals surface area contributed by atoms with Gasteiger partial charge in [0.05, 0.1) is 17.6 Å². The lowest BCUT2D eigenvalue weighted by atomic mass is 10.0. The minimum absolute atomic E-state index is 0.0584. The van der Waals surface area contributed by atoms with Crippen molar-refractivity contribution < 1.29 is 9.84 Å². The van der Waals surface area contributed by atoms with Crippen LogP contribution in [0.4, 0.5) is 11.4 Å². The number of halogens is 1. The predicted molar refractivity (Wildman–Crippen MR) is 132 cm³/mol. The van der Waals surface area contributed by atoms with Crippen molar-refractivity contribution in [3.05, 3.63) is 77.4 Å². The molecule has 0 bridgehead atoms. The molecule has 32 heavy (non-hydrogen) atoms. The van der Waals surface area contributed by atoms with Crippen LogP contribution in [0.15, 0.2) is 66.9 Å². The van der Waals surface area contributed by atoms with Gasteiger partial charge in [0.15, 0.2) is 11.5 Å². The Morgan fingerprint density at radius 3 is 2.66 bits per heavy atom. The van der Waals surface area contributed by atoms with E-state index in [1.165, 1.54) is 12.7 Å². The van der Waals surface area contributed by atoms with E-state index in [0.29, 0.717) is 5.75 Å². The molecule has 0 radical (unpaired) electrons. The van der Waals surface area contributed by atoms with Gasteiger partial charge in [-0.25, -0.2) is 0 Å². The second-order valence-corrected chi connectivity index (χ2v) is 8.39. The molecule has 0 saturated heterocycles. The zero-order valence-corrected chi connectivity index (χ0v) is 19.1. The Bertz CT molecular complexity index is 1260. The van der Waals surface area contributed by atoms with E-state index in [0.717, 1.165) is 46.4 Å². The molecule has 5 nitrogen and oxygen atoms in total. The van der Waals surface area contributed by atoms with Crippen LogP contribution in [0.5, 0.6) is 11.5 Å². The molecule has 0 aliphatic rings. The molecular formula is C26H26ClN3O2. The molecule has 0 atom stereocenters. The largest absolute Gasteiger partial charge is 0.503 e. The summed E-state index contributed by atoms with van der Waals surface area (Å²) in [7, 11) is 5.67. The number of aromatic hydroxyl groups is 1. The molecule has 0 aliphatic heterocycles. The molecule has 0 aliphatic carbocycles. The first kappa shape index (κ1) is 21.9. The number of anilines is 2. The number of methoxy groups -OCH3 is 1. The van der Waals surface area contributed by atoms with Gasteiger partial charge in [0.2, 0.25) is 0 Å². The van der Waals surface area contributed by atoms with Crippen molar-refractivity contribution in [1.29, 1.82) is 0 Å².